The molecule has 18 heavy (non-hydrogen) atoms. The molecule has 0 aromatic carbocycles. The zero-order chi connectivity index (χ0) is 13.8. The number of likely N-dealkylation sites (tertiary alicyclic amines) is 1. The molecule has 1 aliphatic heterocycles. The second kappa shape index (κ2) is 6.55. The summed E-state index contributed by atoms with van der Waals surface area (Å²) in [6.45, 7) is 10.6. The Morgan fingerprint density at radius 1 is 1.39 bits per heavy atom. The first kappa shape index (κ1) is 15.5. The summed E-state index contributed by atoms with van der Waals surface area (Å²) >= 11 is 0. The first-order valence-electron chi connectivity index (χ1n) is 7.35. The Morgan fingerprint density at radius 3 is 2.50 bits per heavy atom. The number of amides is 1. The number of carbonyl (C=O) groups excluding carboxylic acids is 1. The predicted molar refractivity (Wildman–Crippen MR) is 76.3 cm³/mol. The lowest BCUT2D eigenvalue weighted by molar-refractivity contribution is -0.132. The van der Waals surface area contributed by atoms with Gasteiger partial charge in [-0.05, 0) is 50.5 Å². The Morgan fingerprint density at radius 2 is 2.06 bits per heavy atom. The average Bonchev–Trinajstić information content (AvgIpc) is 2.68. The Balaban J connectivity index is 2.44. The van der Waals surface area contributed by atoms with E-state index in [4.69, 9.17) is 5.73 Å². The second-order valence-electron chi connectivity index (χ2n) is 6.76. The molecule has 0 bridgehead atoms. The van der Waals surface area contributed by atoms with E-state index in [-0.39, 0.29) is 5.41 Å². The highest BCUT2D eigenvalue weighted by atomic mass is 16.2. The lowest BCUT2D eigenvalue weighted by atomic mass is 9.76. The smallest absolute Gasteiger partial charge is 0.222 e. The zero-order valence-electron chi connectivity index (χ0n) is 12.5. The van der Waals surface area contributed by atoms with Gasteiger partial charge in [0.1, 0.15) is 0 Å². The van der Waals surface area contributed by atoms with Gasteiger partial charge in [0.05, 0.1) is 0 Å². The van der Waals surface area contributed by atoms with Crippen LogP contribution < -0.4 is 5.73 Å². The quantitative estimate of drug-likeness (QED) is 0.820. The number of hydrogen-bond donors (Lipinski definition) is 1. The third-order valence-electron chi connectivity index (χ3n) is 4.32. The maximum absolute atomic E-state index is 12.2. The van der Waals surface area contributed by atoms with Gasteiger partial charge in [0.25, 0.3) is 0 Å². The summed E-state index contributed by atoms with van der Waals surface area (Å²) in [6.07, 6.45) is 5.01. The molecule has 2 N–H and O–H groups in total. The standard InChI is InChI=1S/C15H30N2O/c1-12-6-5-11-17(12)14(18)8-7-13(9-10-16)15(2,3)4/h12-13H,5-11,16H2,1-4H3. The van der Waals surface area contributed by atoms with E-state index in [0.29, 0.717) is 24.3 Å². The van der Waals surface area contributed by atoms with Crippen molar-refractivity contribution < 1.29 is 4.79 Å². The molecule has 3 heteroatoms. The molecule has 2 atom stereocenters. The molecular formula is C15H30N2O. The molecule has 0 saturated carbocycles. The van der Waals surface area contributed by atoms with Crippen LogP contribution in [0.1, 0.15) is 59.8 Å². The van der Waals surface area contributed by atoms with E-state index < -0.39 is 0 Å². The molecule has 1 saturated heterocycles. The Hall–Kier alpha value is -0.570. The lowest BCUT2D eigenvalue weighted by Gasteiger charge is -2.31. The van der Waals surface area contributed by atoms with Gasteiger partial charge in [-0.15, -0.1) is 0 Å². The maximum Gasteiger partial charge on any atom is 0.222 e. The van der Waals surface area contributed by atoms with Crippen LogP contribution in [0.3, 0.4) is 0 Å². The minimum atomic E-state index is 0.246. The second-order valence-corrected chi connectivity index (χ2v) is 6.76. The van der Waals surface area contributed by atoms with Crippen LogP contribution in [0.4, 0.5) is 0 Å². The van der Waals surface area contributed by atoms with E-state index in [9.17, 15) is 4.79 Å². The molecule has 0 aliphatic carbocycles. The Kier molecular flexibility index (Phi) is 5.64. The Labute approximate surface area is 112 Å². The van der Waals surface area contributed by atoms with Crippen LogP contribution in [0.25, 0.3) is 0 Å². The largest absolute Gasteiger partial charge is 0.340 e. The van der Waals surface area contributed by atoms with Crippen molar-refractivity contribution in [3.63, 3.8) is 0 Å². The van der Waals surface area contributed by atoms with Gasteiger partial charge < -0.3 is 10.6 Å². The van der Waals surface area contributed by atoms with Crippen molar-refractivity contribution >= 4 is 5.91 Å². The third kappa shape index (κ3) is 4.27. The fourth-order valence-corrected chi connectivity index (χ4v) is 2.96. The number of hydrogen-bond acceptors (Lipinski definition) is 2. The van der Waals surface area contributed by atoms with Crippen LogP contribution in [0, 0.1) is 11.3 Å². The summed E-state index contributed by atoms with van der Waals surface area (Å²) in [5, 5.41) is 0. The molecule has 106 valence electrons. The third-order valence-corrected chi connectivity index (χ3v) is 4.32. The van der Waals surface area contributed by atoms with Gasteiger partial charge >= 0.3 is 0 Å². The van der Waals surface area contributed by atoms with E-state index in [0.717, 1.165) is 32.4 Å². The molecule has 0 spiro atoms. The summed E-state index contributed by atoms with van der Waals surface area (Å²) in [4.78, 5) is 14.2. The number of nitrogens with two attached hydrogens (primary N) is 1. The maximum atomic E-state index is 12.2. The lowest BCUT2D eigenvalue weighted by Crippen LogP contribution is -2.34. The fraction of sp³-hybridized carbons (Fsp3) is 0.933. The average molecular weight is 254 g/mol. The molecule has 1 fully saturated rings. The highest BCUT2D eigenvalue weighted by Gasteiger charge is 2.28. The van der Waals surface area contributed by atoms with Gasteiger partial charge in [-0.1, -0.05) is 20.8 Å². The summed E-state index contributed by atoms with van der Waals surface area (Å²) in [6, 6.07) is 0.445. The fourth-order valence-electron chi connectivity index (χ4n) is 2.96. The molecule has 1 rings (SSSR count). The van der Waals surface area contributed by atoms with Crippen molar-refractivity contribution in [2.24, 2.45) is 17.1 Å². The molecule has 3 nitrogen and oxygen atoms in total. The summed E-state index contributed by atoms with van der Waals surface area (Å²) in [5.74, 6) is 0.885. The van der Waals surface area contributed by atoms with Gasteiger partial charge in [0.2, 0.25) is 5.91 Å². The SMILES string of the molecule is CC1CCCN1C(=O)CCC(CCN)C(C)(C)C. The van der Waals surface area contributed by atoms with Crippen LogP contribution in [0.5, 0.6) is 0 Å². The molecule has 2 unspecified atom stereocenters. The molecule has 0 radical (unpaired) electrons. The minimum absolute atomic E-state index is 0.246. The predicted octanol–water partition coefficient (Wildman–Crippen LogP) is 2.79. The highest BCUT2D eigenvalue weighted by Crippen LogP contribution is 2.32. The Bertz CT molecular complexity index is 270. The van der Waals surface area contributed by atoms with Crippen molar-refractivity contribution in [2.75, 3.05) is 13.1 Å². The van der Waals surface area contributed by atoms with E-state index in [1.807, 2.05) is 0 Å². The van der Waals surface area contributed by atoms with Crippen molar-refractivity contribution in [3.8, 4) is 0 Å². The van der Waals surface area contributed by atoms with Crippen molar-refractivity contribution in [1.82, 2.24) is 4.90 Å². The minimum Gasteiger partial charge on any atom is -0.340 e. The number of rotatable bonds is 5. The first-order valence-corrected chi connectivity index (χ1v) is 7.35. The topological polar surface area (TPSA) is 46.3 Å². The van der Waals surface area contributed by atoms with Crippen molar-refractivity contribution in [3.05, 3.63) is 0 Å². The van der Waals surface area contributed by atoms with Gasteiger partial charge in [-0.2, -0.15) is 0 Å². The van der Waals surface area contributed by atoms with E-state index in [2.05, 4.69) is 32.6 Å². The summed E-state index contributed by atoms with van der Waals surface area (Å²) in [5.41, 5.74) is 5.93. The van der Waals surface area contributed by atoms with E-state index in [1.54, 1.807) is 0 Å². The van der Waals surface area contributed by atoms with Gasteiger partial charge in [-0.25, -0.2) is 0 Å². The van der Waals surface area contributed by atoms with Crippen molar-refractivity contribution in [2.45, 2.75) is 65.8 Å². The van der Waals surface area contributed by atoms with E-state index in [1.165, 1.54) is 6.42 Å². The summed E-state index contributed by atoms with van der Waals surface area (Å²) < 4.78 is 0. The normalized spacial score (nSPS) is 22.3. The number of carbonyl (C=O) groups is 1. The molecule has 1 amide bonds. The highest BCUT2D eigenvalue weighted by molar-refractivity contribution is 5.76. The summed E-state index contributed by atoms with van der Waals surface area (Å²) in [7, 11) is 0. The van der Waals surface area contributed by atoms with Crippen LogP contribution in [-0.2, 0) is 4.79 Å². The van der Waals surface area contributed by atoms with Crippen LogP contribution in [0.15, 0.2) is 0 Å². The van der Waals surface area contributed by atoms with Gasteiger partial charge in [0, 0.05) is 19.0 Å². The molecule has 0 aromatic heterocycles. The van der Waals surface area contributed by atoms with Gasteiger partial charge in [0.15, 0.2) is 0 Å². The molecular weight excluding hydrogens is 224 g/mol. The van der Waals surface area contributed by atoms with Gasteiger partial charge in [-0.3, -0.25) is 4.79 Å². The monoisotopic (exact) mass is 254 g/mol. The zero-order valence-corrected chi connectivity index (χ0v) is 12.5. The van der Waals surface area contributed by atoms with E-state index >= 15 is 0 Å². The molecule has 1 heterocycles. The van der Waals surface area contributed by atoms with Crippen molar-refractivity contribution in [1.29, 1.82) is 0 Å². The van der Waals surface area contributed by atoms with Crippen LogP contribution in [0.2, 0.25) is 0 Å². The number of nitrogens with zero attached hydrogens (tertiary/aromatic N) is 1. The first-order chi connectivity index (χ1) is 8.36. The molecule has 0 aromatic rings. The molecule has 1 aliphatic rings. The van der Waals surface area contributed by atoms with Crippen LogP contribution >= 0.6 is 0 Å². The van der Waals surface area contributed by atoms with Crippen LogP contribution in [-0.4, -0.2) is 29.9 Å².